The van der Waals surface area contributed by atoms with Crippen molar-refractivity contribution in [3.8, 4) is 0 Å². The van der Waals surface area contributed by atoms with E-state index < -0.39 is 52.8 Å². The van der Waals surface area contributed by atoms with E-state index in [2.05, 4.69) is 6.58 Å². The summed E-state index contributed by atoms with van der Waals surface area (Å²) in [6.07, 6.45) is 0.635. The van der Waals surface area contributed by atoms with Crippen molar-refractivity contribution in [3.05, 3.63) is 12.2 Å². The first-order valence-corrected chi connectivity index (χ1v) is 8.46. The molecule has 0 aromatic heterocycles. The zero-order valence-electron chi connectivity index (χ0n) is 14.1. The lowest BCUT2D eigenvalue weighted by molar-refractivity contribution is -0.202. The number of fused-ring (bicyclic) bond motifs is 2. The van der Waals surface area contributed by atoms with Crippen molar-refractivity contribution in [2.45, 2.75) is 63.4 Å². The summed E-state index contributed by atoms with van der Waals surface area (Å²) in [7, 11) is 0. The third kappa shape index (κ3) is 2.90. The molecule has 0 aromatic carbocycles. The van der Waals surface area contributed by atoms with Gasteiger partial charge in [0.2, 0.25) is 0 Å². The van der Waals surface area contributed by atoms with Crippen molar-refractivity contribution >= 4 is 23.3 Å². The molecular weight excluding hydrogens is 340 g/mol. The Morgan fingerprint density at radius 1 is 1.38 bits per heavy atom. The molecule has 2 saturated heterocycles. The number of ether oxygens (including phenoxy) is 3. The van der Waals surface area contributed by atoms with E-state index in [1.807, 2.05) is 0 Å². The number of esters is 2. The summed E-state index contributed by atoms with van der Waals surface area (Å²) < 4.78 is 43.4. The first kappa shape index (κ1) is 19.0. The molecule has 2 heterocycles. The quantitative estimate of drug-likeness (QED) is 0.390. The van der Waals surface area contributed by atoms with E-state index in [1.165, 1.54) is 13.8 Å². The molecule has 0 N–H and O–H groups in total. The number of rotatable bonds is 6. The van der Waals surface area contributed by atoms with Crippen LogP contribution in [0.2, 0.25) is 0 Å². The minimum Gasteiger partial charge on any atom is -0.750 e. The molecule has 2 aliphatic heterocycles. The van der Waals surface area contributed by atoms with Gasteiger partial charge in [-0.25, -0.2) is 13.8 Å². The lowest BCUT2D eigenvalue weighted by Gasteiger charge is -2.48. The molecule has 24 heavy (non-hydrogen) atoms. The summed E-state index contributed by atoms with van der Waals surface area (Å²) >= 11 is -2.81. The zero-order valence-corrected chi connectivity index (χ0v) is 14.9. The Bertz CT molecular complexity index is 604. The summed E-state index contributed by atoms with van der Waals surface area (Å²) in [6.45, 7) is 9.09. The van der Waals surface area contributed by atoms with Crippen molar-refractivity contribution in [1.29, 1.82) is 0 Å². The molecule has 5 atom stereocenters. The van der Waals surface area contributed by atoms with Gasteiger partial charge >= 0.3 is 11.9 Å². The molecule has 0 aliphatic carbocycles. The molecule has 9 heteroatoms. The van der Waals surface area contributed by atoms with Crippen molar-refractivity contribution in [2.75, 3.05) is 6.61 Å². The monoisotopic (exact) mass is 361 g/mol. The maximum Gasteiger partial charge on any atom is 0.345 e. The van der Waals surface area contributed by atoms with E-state index in [0.717, 1.165) is 0 Å². The lowest BCUT2D eigenvalue weighted by atomic mass is 9.67. The van der Waals surface area contributed by atoms with Gasteiger partial charge in [-0.15, -0.1) is 0 Å². The average molecular weight is 361 g/mol. The van der Waals surface area contributed by atoms with Crippen LogP contribution in [-0.4, -0.2) is 50.2 Å². The Labute approximate surface area is 143 Å². The second-order valence-electron chi connectivity index (χ2n) is 6.63. The van der Waals surface area contributed by atoms with E-state index >= 15 is 0 Å². The normalized spacial score (nSPS) is 38.6. The number of hydrogen-bond donors (Lipinski definition) is 0. The molecule has 0 amide bonds. The number of carbonyl (C=O) groups excluding carboxylic acids is 2. The van der Waals surface area contributed by atoms with Crippen LogP contribution < -0.4 is 0 Å². The summed E-state index contributed by atoms with van der Waals surface area (Å²) in [5.41, 5.74) is -3.49. The van der Waals surface area contributed by atoms with Gasteiger partial charge in [0.1, 0.15) is 11.2 Å². The predicted octanol–water partition coefficient (Wildman–Crippen LogP) is 0.928. The van der Waals surface area contributed by atoms with Crippen LogP contribution in [0.3, 0.4) is 0 Å². The first-order chi connectivity index (χ1) is 10.9. The van der Waals surface area contributed by atoms with Gasteiger partial charge in [0.25, 0.3) is 0 Å². The van der Waals surface area contributed by atoms with E-state index in [4.69, 9.17) is 18.4 Å². The highest BCUT2D eigenvalue weighted by Crippen LogP contribution is 2.58. The van der Waals surface area contributed by atoms with Crippen LogP contribution in [0, 0.1) is 0 Å². The van der Waals surface area contributed by atoms with E-state index in [-0.39, 0.29) is 5.57 Å². The summed E-state index contributed by atoms with van der Waals surface area (Å²) in [5, 5.41) is 0. The molecule has 2 rings (SSSR count). The third-order valence-corrected chi connectivity index (χ3v) is 5.57. The standard InChI is InChI=1S/C15H22O8S/c1-9(2)12(17)20-8-11(16)22-15(5)13(3)7-6-10(21-13)14(15,4)23-24(18)19/h10H,1,6-8H2,2-5H3,(H,18,19)/p-1. The van der Waals surface area contributed by atoms with E-state index in [9.17, 15) is 18.4 Å². The summed E-state index contributed by atoms with van der Waals surface area (Å²) in [6, 6.07) is 0. The molecule has 0 aromatic rings. The molecule has 0 spiro atoms. The fourth-order valence-electron chi connectivity index (χ4n) is 3.40. The van der Waals surface area contributed by atoms with Gasteiger partial charge in [-0.05, 0) is 40.5 Å². The van der Waals surface area contributed by atoms with Crippen molar-refractivity contribution in [2.24, 2.45) is 0 Å². The third-order valence-electron chi connectivity index (χ3n) is 5.09. The molecule has 136 valence electrons. The molecule has 2 bridgehead atoms. The van der Waals surface area contributed by atoms with Gasteiger partial charge in [-0.2, -0.15) is 0 Å². The number of carbonyl (C=O) groups is 2. The van der Waals surface area contributed by atoms with Crippen LogP contribution in [0.25, 0.3) is 0 Å². The highest BCUT2D eigenvalue weighted by atomic mass is 32.2. The molecule has 0 saturated carbocycles. The second-order valence-corrected chi connectivity index (χ2v) is 7.21. The maximum absolute atomic E-state index is 12.1. The van der Waals surface area contributed by atoms with Crippen molar-refractivity contribution in [3.63, 3.8) is 0 Å². The second kappa shape index (κ2) is 6.21. The van der Waals surface area contributed by atoms with Gasteiger partial charge in [0.15, 0.2) is 12.2 Å². The fraction of sp³-hybridized carbons (Fsp3) is 0.733. The molecule has 5 unspecified atom stereocenters. The Kier molecular flexibility index (Phi) is 4.93. The smallest absolute Gasteiger partial charge is 0.345 e. The molecule has 2 fully saturated rings. The maximum atomic E-state index is 12.1. The van der Waals surface area contributed by atoms with Gasteiger partial charge < -0.3 is 18.8 Å². The van der Waals surface area contributed by atoms with Crippen LogP contribution in [0.5, 0.6) is 0 Å². The van der Waals surface area contributed by atoms with E-state index in [1.54, 1.807) is 13.8 Å². The molecular formula is C15H21O8S-. The highest BCUT2D eigenvalue weighted by molar-refractivity contribution is 7.74. The van der Waals surface area contributed by atoms with Gasteiger partial charge in [-0.1, -0.05) is 6.58 Å². The summed E-state index contributed by atoms with van der Waals surface area (Å²) in [5.74, 6) is -1.54. The molecule has 8 nitrogen and oxygen atoms in total. The van der Waals surface area contributed by atoms with Crippen LogP contribution >= 0.6 is 0 Å². The largest absolute Gasteiger partial charge is 0.750 e. The Hall–Kier alpha value is -1.29. The average Bonchev–Trinajstić information content (AvgIpc) is 2.92. The van der Waals surface area contributed by atoms with Crippen LogP contribution in [0.1, 0.15) is 40.5 Å². The Morgan fingerprint density at radius 2 is 2.00 bits per heavy atom. The Morgan fingerprint density at radius 3 is 2.54 bits per heavy atom. The highest BCUT2D eigenvalue weighted by Gasteiger charge is 2.74. The summed E-state index contributed by atoms with van der Waals surface area (Å²) in [4.78, 5) is 23.5. The zero-order chi connectivity index (χ0) is 18.3. The SMILES string of the molecule is C=C(C)C(=O)OCC(=O)OC1(C)C2(C)CCC(O2)C1(C)OS(=O)[O-]. The first-order valence-electron chi connectivity index (χ1n) is 7.46. The minimum absolute atomic E-state index is 0.152. The fourth-order valence-corrected chi connectivity index (χ4v) is 3.95. The van der Waals surface area contributed by atoms with Gasteiger partial charge in [-0.3, -0.25) is 4.18 Å². The lowest BCUT2D eigenvalue weighted by Crippen LogP contribution is -2.65. The van der Waals surface area contributed by atoms with Crippen LogP contribution in [-0.2, 0) is 39.3 Å². The molecule has 2 aliphatic rings. The van der Waals surface area contributed by atoms with Gasteiger partial charge in [0.05, 0.1) is 17.5 Å². The predicted molar refractivity (Wildman–Crippen MR) is 81.2 cm³/mol. The van der Waals surface area contributed by atoms with Crippen LogP contribution in [0.4, 0.5) is 0 Å². The molecule has 0 radical (unpaired) electrons. The van der Waals surface area contributed by atoms with Crippen molar-refractivity contribution < 1.29 is 36.7 Å². The van der Waals surface area contributed by atoms with Gasteiger partial charge in [0, 0.05) is 5.57 Å². The van der Waals surface area contributed by atoms with Crippen molar-refractivity contribution in [1.82, 2.24) is 0 Å². The number of hydrogen-bond acceptors (Lipinski definition) is 8. The minimum atomic E-state index is -2.81. The van der Waals surface area contributed by atoms with E-state index in [0.29, 0.717) is 12.8 Å². The topological polar surface area (TPSA) is 111 Å². The Balaban J connectivity index is 2.18. The van der Waals surface area contributed by atoms with Crippen LogP contribution in [0.15, 0.2) is 12.2 Å².